The molecule has 7 nitrogen and oxygen atoms in total. The lowest BCUT2D eigenvalue weighted by molar-refractivity contribution is 0.227. The van der Waals surface area contributed by atoms with E-state index in [0.29, 0.717) is 6.54 Å². The van der Waals surface area contributed by atoms with E-state index in [4.69, 9.17) is 0 Å². The van der Waals surface area contributed by atoms with Gasteiger partial charge in [0, 0.05) is 23.2 Å². The van der Waals surface area contributed by atoms with Crippen LogP contribution in [0.5, 0.6) is 0 Å². The number of nitrogens with one attached hydrogen (secondary N) is 3. The molecule has 0 spiro atoms. The minimum Gasteiger partial charge on any atom is -0.334 e. The Morgan fingerprint density at radius 3 is 2.65 bits per heavy atom. The summed E-state index contributed by atoms with van der Waals surface area (Å²) in [5.74, 6) is 0. The predicted molar refractivity (Wildman–Crippen MR) is 90.9 cm³/mol. The Labute approximate surface area is 141 Å². The molecule has 1 aliphatic rings. The molecule has 0 bridgehead atoms. The van der Waals surface area contributed by atoms with Crippen LogP contribution in [0.15, 0.2) is 6.20 Å². The zero-order valence-corrected chi connectivity index (χ0v) is 15.1. The van der Waals surface area contributed by atoms with Gasteiger partial charge in [-0.3, -0.25) is 0 Å². The summed E-state index contributed by atoms with van der Waals surface area (Å²) >= 11 is 1.58. The van der Waals surface area contributed by atoms with Gasteiger partial charge < -0.3 is 10.6 Å². The van der Waals surface area contributed by atoms with Gasteiger partial charge in [0.25, 0.3) is 0 Å². The number of amides is 2. The molecule has 3 N–H and O–H groups in total. The van der Waals surface area contributed by atoms with Gasteiger partial charge in [0.2, 0.25) is 10.0 Å². The highest BCUT2D eigenvalue weighted by Gasteiger charge is 2.28. The summed E-state index contributed by atoms with van der Waals surface area (Å²) < 4.78 is 25.5. The summed E-state index contributed by atoms with van der Waals surface area (Å²) in [6.07, 6.45) is 7.37. The third-order valence-electron chi connectivity index (χ3n) is 3.80. The van der Waals surface area contributed by atoms with Crippen LogP contribution in [0.3, 0.4) is 0 Å². The van der Waals surface area contributed by atoms with Crippen molar-refractivity contribution in [1.29, 1.82) is 0 Å². The first kappa shape index (κ1) is 18.2. The fraction of sp³-hybridized carbons (Fsp3) is 0.714. The SMILES string of the molecule is CCc1cnc(CNC(=O)NC2CCCCC2NS(C)(=O)=O)s1. The molecular weight excluding hydrogens is 336 g/mol. The van der Waals surface area contributed by atoms with Gasteiger partial charge in [-0.15, -0.1) is 11.3 Å². The van der Waals surface area contributed by atoms with Crippen molar-refractivity contribution < 1.29 is 13.2 Å². The van der Waals surface area contributed by atoms with Crippen LogP contribution >= 0.6 is 11.3 Å². The molecule has 1 aliphatic carbocycles. The lowest BCUT2D eigenvalue weighted by Crippen LogP contribution is -2.54. The van der Waals surface area contributed by atoms with Gasteiger partial charge in [0.1, 0.15) is 5.01 Å². The van der Waals surface area contributed by atoms with Crippen LogP contribution in [-0.4, -0.2) is 37.8 Å². The van der Waals surface area contributed by atoms with Crippen molar-refractivity contribution in [2.45, 2.75) is 57.7 Å². The average Bonchev–Trinajstić information content (AvgIpc) is 2.94. The van der Waals surface area contributed by atoms with Crippen LogP contribution in [0.25, 0.3) is 0 Å². The van der Waals surface area contributed by atoms with Gasteiger partial charge in [0.15, 0.2) is 0 Å². The molecule has 1 fully saturated rings. The minimum absolute atomic E-state index is 0.180. The molecule has 2 atom stereocenters. The number of urea groups is 1. The smallest absolute Gasteiger partial charge is 0.315 e. The number of thiazole rings is 1. The van der Waals surface area contributed by atoms with E-state index in [9.17, 15) is 13.2 Å². The quantitative estimate of drug-likeness (QED) is 0.713. The maximum atomic E-state index is 12.0. The number of hydrogen-bond donors (Lipinski definition) is 3. The van der Waals surface area contributed by atoms with Crippen LogP contribution in [-0.2, 0) is 23.0 Å². The Bertz CT molecular complexity index is 630. The van der Waals surface area contributed by atoms with Crippen molar-refractivity contribution in [1.82, 2.24) is 20.3 Å². The van der Waals surface area contributed by atoms with Crippen LogP contribution in [0.2, 0.25) is 0 Å². The van der Waals surface area contributed by atoms with Gasteiger partial charge >= 0.3 is 6.03 Å². The second-order valence-corrected chi connectivity index (χ2v) is 8.77. The number of aromatic nitrogens is 1. The molecule has 2 amide bonds. The van der Waals surface area contributed by atoms with Crippen LogP contribution in [0.4, 0.5) is 4.79 Å². The fourth-order valence-corrected chi connectivity index (χ4v) is 4.32. The summed E-state index contributed by atoms with van der Waals surface area (Å²) in [4.78, 5) is 17.5. The fourth-order valence-electron chi connectivity index (χ4n) is 2.69. The van der Waals surface area contributed by atoms with E-state index in [2.05, 4.69) is 27.3 Å². The van der Waals surface area contributed by atoms with Gasteiger partial charge in [0.05, 0.1) is 12.8 Å². The van der Waals surface area contributed by atoms with Gasteiger partial charge in [-0.2, -0.15) is 0 Å². The van der Waals surface area contributed by atoms with Gasteiger partial charge in [-0.25, -0.2) is 22.9 Å². The van der Waals surface area contributed by atoms with Crippen molar-refractivity contribution in [2.75, 3.05) is 6.26 Å². The summed E-state index contributed by atoms with van der Waals surface area (Å²) in [6, 6.07) is -0.706. The molecule has 0 radical (unpaired) electrons. The van der Waals surface area contributed by atoms with Gasteiger partial charge in [-0.05, 0) is 19.3 Å². The van der Waals surface area contributed by atoms with Crippen LogP contribution in [0.1, 0.15) is 42.5 Å². The third-order valence-corrected chi connectivity index (χ3v) is 5.67. The monoisotopic (exact) mass is 360 g/mol. The van der Waals surface area contributed by atoms with E-state index < -0.39 is 10.0 Å². The van der Waals surface area contributed by atoms with E-state index in [1.165, 1.54) is 4.88 Å². The van der Waals surface area contributed by atoms with Crippen molar-refractivity contribution in [3.63, 3.8) is 0 Å². The third kappa shape index (κ3) is 6.08. The number of carbonyl (C=O) groups is 1. The van der Waals surface area contributed by atoms with Crippen molar-refractivity contribution in [3.05, 3.63) is 16.1 Å². The maximum absolute atomic E-state index is 12.0. The van der Waals surface area contributed by atoms with E-state index in [0.717, 1.165) is 43.4 Å². The molecule has 0 aliphatic heterocycles. The summed E-state index contributed by atoms with van der Waals surface area (Å²) in [7, 11) is -3.28. The summed E-state index contributed by atoms with van der Waals surface area (Å²) in [6.45, 7) is 2.45. The van der Waals surface area contributed by atoms with E-state index in [1.807, 2.05) is 6.20 Å². The highest BCUT2D eigenvalue weighted by Crippen LogP contribution is 2.19. The van der Waals surface area contributed by atoms with E-state index >= 15 is 0 Å². The van der Waals surface area contributed by atoms with Gasteiger partial charge in [-0.1, -0.05) is 19.8 Å². The zero-order chi connectivity index (χ0) is 16.9. The highest BCUT2D eigenvalue weighted by molar-refractivity contribution is 7.88. The molecule has 1 aromatic heterocycles. The molecular formula is C14H24N4O3S2. The number of sulfonamides is 1. The standard InChI is InChI=1S/C14H24N4O3S2/c1-3-10-8-15-13(22-10)9-16-14(19)17-11-6-4-5-7-12(11)18-23(2,20)21/h8,11-12,18H,3-7,9H2,1-2H3,(H2,16,17,19). The largest absolute Gasteiger partial charge is 0.334 e. The lowest BCUT2D eigenvalue weighted by atomic mass is 9.91. The number of carbonyl (C=O) groups excluding carboxylic acids is 1. The molecule has 9 heteroatoms. The summed E-state index contributed by atoms with van der Waals surface area (Å²) in [5, 5.41) is 6.54. The lowest BCUT2D eigenvalue weighted by Gasteiger charge is -2.32. The maximum Gasteiger partial charge on any atom is 0.315 e. The molecule has 130 valence electrons. The zero-order valence-electron chi connectivity index (χ0n) is 13.5. The Morgan fingerprint density at radius 1 is 1.35 bits per heavy atom. The van der Waals surface area contributed by atoms with Crippen LogP contribution in [0, 0.1) is 0 Å². The topological polar surface area (TPSA) is 100 Å². The van der Waals surface area contributed by atoms with Crippen molar-refractivity contribution >= 4 is 27.4 Å². The van der Waals surface area contributed by atoms with Crippen molar-refractivity contribution in [2.24, 2.45) is 0 Å². The second kappa shape index (κ2) is 8.07. The molecule has 0 aromatic carbocycles. The Hall–Kier alpha value is -1.19. The van der Waals surface area contributed by atoms with Crippen LogP contribution < -0.4 is 15.4 Å². The summed E-state index contributed by atoms with van der Waals surface area (Å²) in [5.41, 5.74) is 0. The second-order valence-electron chi connectivity index (χ2n) is 5.79. The molecule has 1 heterocycles. The highest BCUT2D eigenvalue weighted by atomic mass is 32.2. The Balaban J connectivity index is 1.84. The van der Waals surface area contributed by atoms with E-state index in [1.54, 1.807) is 11.3 Å². The number of rotatable bonds is 6. The first-order valence-electron chi connectivity index (χ1n) is 7.82. The first-order chi connectivity index (χ1) is 10.9. The number of nitrogens with zero attached hydrogens (tertiary/aromatic N) is 1. The normalized spacial score (nSPS) is 21.8. The molecule has 23 heavy (non-hydrogen) atoms. The molecule has 1 saturated carbocycles. The minimum atomic E-state index is -3.28. The molecule has 0 saturated heterocycles. The molecule has 1 aromatic rings. The van der Waals surface area contributed by atoms with Crippen molar-refractivity contribution in [3.8, 4) is 0 Å². The van der Waals surface area contributed by atoms with E-state index in [-0.39, 0.29) is 18.1 Å². The molecule has 2 rings (SSSR count). The predicted octanol–water partition coefficient (Wildman–Crippen LogP) is 1.37. The Kier molecular flexibility index (Phi) is 6.37. The molecule has 2 unspecified atom stereocenters. The number of aryl methyl sites for hydroxylation is 1. The Morgan fingerprint density at radius 2 is 2.04 bits per heavy atom. The first-order valence-corrected chi connectivity index (χ1v) is 10.5. The average molecular weight is 361 g/mol. The number of hydrogen-bond acceptors (Lipinski definition) is 5.